The van der Waals surface area contributed by atoms with E-state index in [0.717, 1.165) is 39.1 Å². The van der Waals surface area contributed by atoms with Gasteiger partial charge in [0.2, 0.25) is 5.91 Å². The van der Waals surface area contributed by atoms with Gasteiger partial charge in [-0.15, -0.1) is 11.3 Å². The van der Waals surface area contributed by atoms with Gasteiger partial charge in [0.1, 0.15) is 0 Å². The summed E-state index contributed by atoms with van der Waals surface area (Å²) in [7, 11) is 0. The Balaban J connectivity index is 1.37. The predicted octanol–water partition coefficient (Wildman–Crippen LogP) is 2.56. The van der Waals surface area contributed by atoms with Gasteiger partial charge in [-0.25, -0.2) is 0 Å². The highest BCUT2D eigenvalue weighted by Crippen LogP contribution is 2.23. The molecule has 4 nitrogen and oxygen atoms in total. The number of hydrogen-bond donors (Lipinski definition) is 1. The van der Waals surface area contributed by atoms with Crippen molar-refractivity contribution in [3.63, 3.8) is 0 Å². The van der Waals surface area contributed by atoms with E-state index >= 15 is 0 Å². The van der Waals surface area contributed by atoms with Gasteiger partial charge in [-0.2, -0.15) is 0 Å². The number of amides is 1. The highest BCUT2D eigenvalue weighted by Gasteiger charge is 2.24. The second kappa shape index (κ2) is 8.27. The first-order valence-corrected chi connectivity index (χ1v) is 9.85. The topological polar surface area (TPSA) is 35.6 Å². The summed E-state index contributed by atoms with van der Waals surface area (Å²) in [6.45, 7) is 8.01. The van der Waals surface area contributed by atoms with Crippen LogP contribution in [0.1, 0.15) is 37.5 Å². The molecule has 1 aromatic rings. The fourth-order valence-electron chi connectivity index (χ4n) is 3.71. The second-order valence-electron chi connectivity index (χ2n) is 7.07. The molecule has 5 heteroatoms. The standard InChI is InChI=1S/C18H29N3OS/c1-15-5-2-3-7-17(15)19-18(22)14-21-10-8-20(9-11-21)13-16-6-4-12-23-16/h4,6,12,15,17H,2-3,5,7-11,13-14H2,1H3,(H,19,22). The van der Waals surface area contributed by atoms with Crippen LogP contribution >= 0.6 is 11.3 Å². The Labute approximate surface area is 143 Å². The van der Waals surface area contributed by atoms with E-state index in [9.17, 15) is 4.79 Å². The van der Waals surface area contributed by atoms with Crippen LogP contribution in [0.25, 0.3) is 0 Å². The van der Waals surface area contributed by atoms with Crippen molar-refractivity contribution in [2.75, 3.05) is 32.7 Å². The Hall–Kier alpha value is -0.910. The molecule has 2 atom stereocenters. The maximum Gasteiger partial charge on any atom is 0.234 e. The number of thiophene rings is 1. The molecule has 0 aromatic carbocycles. The van der Waals surface area contributed by atoms with Crippen molar-refractivity contribution in [1.29, 1.82) is 0 Å². The first-order valence-electron chi connectivity index (χ1n) is 8.97. The van der Waals surface area contributed by atoms with Crippen molar-refractivity contribution in [3.05, 3.63) is 22.4 Å². The van der Waals surface area contributed by atoms with E-state index in [0.29, 0.717) is 18.5 Å². The lowest BCUT2D eigenvalue weighted by molar-refractivity contribution is -0.124. The molecule has 0 bridgehead atoms. The lowest BCUT2D eigenvalue weighted by Gasteiger charge is -2.35. The molecule has 23 heavy (non-hydrogen) atoms. The normalized spacial score (nSPS) is 27.0. The van der Waals surface area contributed by atoms with Gasteiger partial charge < -0.3 is 5.32 Å². The van der Waals surface area contributed by atoms with Gasteiger partial charge in [-0.1, -0.05) is 25.8 Å². The van der Waals surface area contributed by atoms with Crippen molar-refractivity contribution in [2.24, 2.45) is 5.92 Å². The van der Waals surface area contributed by atoms with Gasteiger partial charge in [-0.05, 0) is 30.2 Å². The summed E-state index contributed by atoms with van der Waals surface area (Å²) in [6, 6.07) is 4.72. The number of nitrogens with one attached hydrogen (secondary N) is 1. The summed E-state index contributed by atoms with van der Waals surface area (Å²) in [5.41, 5.74) is 0. The zero-order valence-electron chi connectivity index (χ0n) is 14.2. The molecule has 1 amide bonds. The maximum absolute atomic E-state index is 12.3. The zero-order chi connectivity index (χ0) is 16.1. The Bertz CT molecular complexity index is 482. The Morgan fingerprint density at radius 1 is 1.22 bits per heavy atom. The van der Waals surface area contributed by atoms with Crippen LogP contribution in [-0.4, -0.2) is 54.5 Å². The maximum atomic E-state index is 12.3. The average molecular weight is 336 g/mol. The number of carbonyl (C=O) groups excluding carboxylic acids is 1. The molecular weight excluding hydrogens is 306 g/mol. The van der Waals surface area contributed by atoms with Gasteiger partial charge in [0.25, 0.3) is 0 Å². The minimum Gasteiger partial charge on any atom is -0.352 e. The molecule has 2 unspecified atom stereocenters. The first-order chi connectivity index (χ1) is 11.2. The third-order valence-electron chi connectivity index (χ3n) is 5.25. The van der Waals surface area contributed by atoms with Crippen LogP contribution in [0, 0.1) is 5.92 Å². The fraction of sp³-hybridized carbons (Fsp3) is 0.722. The number of piperazine rings is 1. The van der Waals surface area contributed by atoms with Gasteiger partial charge in [0, 0.05) is 43.6 Å². The zero-order valence-corrected chi connectivity index (χ0v) is 15.0. The van der Waals surface area contributed by atoms with E-state index in [1.54, 1.807) is 0 Å². The average Bonchev–Trinajstić information content (AvgIpc) is 3.04. The summed E-state index contributed by atoms with van der Waals surface area (Å²) in [6.07, 6.45) is 4.99. The number of carbonyl (C=O) groups is 1. The van der Waals surface area contributed by atoms with Gasteiger partial charge in [0.15, 0.2) is 0 Å². The molecule has 3 rings (SSSR count). The first kappa shape index (κ1) is 16.9. The van der Waals surface area contributed by atoms with Crippen LogP contribution in [0.5, 0.6) is 0 Å². The Morgan fingerprint density at radius 3 is 2.65 bits per heavy atom. The highest BCUT2D eigenvalue weighted by atomic mass is 32.1. The summed E-state index contributed by atoms with van der Waals surface area (Å²) in [5.74, 6) is 0.853. The molecule has 1 aliphatic heterocycles. The Kier molecular flexibility index (Phi) is 6.08. The van der Waals surface area contributed by atoms with Gasteiger partial charge in [-0.3, -0.25) is 14.6 Å². The molecule has 0 radical (unpaired) electrons. The van der Waals surface area contributed by atoms with E-state index in [-0.39, 0.29) is 5.91 Å². The molecule has 2 fully saturated rings. The van der Waals surface area contributed by atoms with E-state index in [1.807, 2.05) is 11.3 Å². The molecule has 128 valence electrons. The summed E-state index contributed by atoms with van der Waals surface area (Å²) >= 11 is 1.83. The molecule has 2 heterocycles. The third-order valence-corrected chi connectivity index (χ3v) is 6.11. The molecule has 0 spiro atoms. The lowest BCUT2D eigenvalue weighted by atomic mass is 9.86. The smallest absolute Gasteiger partial charge is 0.234 e. The Morgan fingerprint density at radius 2 is 1.96 bits per heavy atom. The van der Waals surface area contributed by atoms with Crippen LogP contribution in [0.2, 0.25) is 0 Å². The fourth-order valence-corrected chi connectivity index (χ4v) is 4.46. The lowest BCUT2D eigenvalue weighted by Crippen LogP contribution is -2.51. The van der Waals surface area contributed by atoms with Crippen LogP contribution < -0.4 is 5.32 Å². The molecule has 1 aliphatic carbocycles. The molecule has 1 saturated heterocycles. The largest absolute Gasteiger partial charge is 0.352 e. The van der Waals surface area contributed by atoms with E-state index in [4.69, 9.17) is 0 Å². The molecule has 1 N–H and O–H groups in total. The van der Waals surface area contributed by atoms with E-state index in [2.05, 4.69) is 39.6 Å². The monoisotopic (exact) mass is 335 g/mol. The number of rotatable bonds is 5. The number of nitrogens with zero attached hydrogens (tertiary/aromatic N) is 2. The molecule has 1 aromatic heterocycles. The molecule has 2 aliphatic rings. The van der Waals surface area contributed by atoms with Gasteiger partial charge >= 0.3 is 0 Å². The second-order valence-corrected chi connectivity index (χ2v) is 8.10. The van der Waals surface area contributed by atoms with Crippen molar-refractivity contribution >= 4 is 17.2 Å². The summed E-state index contributed by atoms with van der Waals surface area (Å²) < 4.78 is 0. The summed E-state index contributed by atoms with van der Waals surface area (Å²) in [5, 5.41) is 5.41. The minimum absolute atomic E-state index is 0.218. The van der Waals surface area contributed by atoms with Gasteiger partial charge in [0.05, 0.1) is 6.54 Å². The SMILES string of the molecule is CC1CCCCC1NC(=O)CN1CCN(Cc2cccs2)CC1. The van der Waals surface area contributed by atoms with E-state index < -0.39 is 0 Å². The van der Waals surface area contributed by atoms with Crippen LogP contribution in [0.3, 0.4) is 0 Å². The van der Waals surface area contributed by atoms with Crippen molar-refractivity contribution in [3.8, 4) is 0 Å². The predicted molar refractivity (Wildman–Crippen MR) is 95.6 cm³/mol. The quantitative estimate of drug-likeness (QED) is 0.898. The third kappa shape index (κ3) is 5.03. The minimum atomic E-state index is 0.218. The molecule has 1 saturated carbocycles. The van der Waals surface area contributed by atoms with E-state index in [1.165, 1.54) is 24.1 Å². The van der Waals surface area contributed by atoms with Crippen LogP contribution in [-0.2, 0) is 11.3 Å². The summed E-state index contributed by atoms with van der Waals surface area (Å²) in [4.78, 5) is 18.5. The van der Waals surface area contributed by atoms with Crippen LogP contribution in [0.15, 0.2) is 17.5 Å². The van der Waals surface area contributed by atoms with Crippen LogP contribution in [0.4, 0.5) is 0 Å². The van der Waals surface area contributed by atoms with Crippen molar-refractivity contribution in [1.82, 2.24) is 15.1 Å². The van der Waals surface area contributed by atoms with Crippen molar-refractivity contribution < 1.29 is 4.79 Å². The highest BCUT2D eigenvalue weighted by molar-refractivity contribution is 7.09. The number of hydrogen-bond acceptors (Lipinski definition) is 4. The molecular formula is C18H29N3OS. The van der Waals surface area contributed by atoms with Crippen molar-refractivity contribution in [2.45, 2.75) is 45.2 Å².